The lowest BCUT2D eigenvalue weighted by molar-refractivity contribution is 0.754. The highest BCUT2D eigenvalue weighted by molar-refractivity contribution is 5.46. The second-order valence-corrected chi connectivity index (χ2v) is 4.38. The SMILES string of the molecule is CC[C@@H](c1ccccc1C#N)c1cn(C)nc1C#N. The summed E-state index contributed by atoms with van der Waals surface area (Å²) in [7, 11) is 1.80. The molecule has 94 valence electrons. The summed E-state index contributed by atoms with van der Waals surface area (Å²) in [6, 6.07) is 11.9. The van der Waals surface area contributed by atoms with Crippen molar-refractivity contribution in [3.05, 3.63) is 52.8 Å². The number of benzene rings is 1. The quantitative estimate of drug-likeness (QED) is 0.841. The minimum absolute atomic E-state index is 0.0270. The average molecular weight is 250 g/mol. The van der Waals surface area contributed by atoms with Gasteiger partial charge in [0, 0.05) is 24.7 Å². The zero-order chi connectivity index (χ0) is 13.8. The van der Waals surface area contributed by atoms with Gasteiger partial charge in [0.05, 0.1) is 11.6 Å². The van der Waals surface area contributed by atoms with Gasteiger partial charge in [-0.1, -0.05) is 25.1 Å². The van der Waals surface area contributed by atoms with Gasteiger partial charge in [-0.3, -0.25) is 4.68 Å². The van der Waals surface area contributed by atoms with Gasteiger partial charge in [0.2, 0.25) is 0 Å². The molecule has 4 nitrogen and oxygen atoms in total. The van der Waals surface area contributed by atoms with E-state index < -0.39 is 0 Å². The number of nitrogens with zero attached hydrogens (tertiary/aromatic N) is 4. The minimum Gasteiger partial charge on any atom is -0.274 e. The van der Waals surface area contributed by atoms with Crippen molar-refractivity contribution in [1.82, 2.24) is 9.78 Å². The molecule has 4 heteroatoms. The van der Waals surface area contributed by atoms with E-state index in [9.17, 15) is 5.26 Å². The fraction of sp³-hybridized carbons (Fsp3) is 0.267. The highest BCUT2D eigenvalue weighted by atomic mass is 15.2. The van der Waals surface area contributed by atoms with E-state index in [0.717, 1.165) is 17.5 Å². The maximum absolute atomic E-state index is 9.21. The second kappa shape index (κ2) is 5.37. The standard InChI is InChI=1S/C15H14N4/c1-3-12(13-7-5-4-6-11(13)8-16)14-10-19(2)18-15(14)9-17/h4-7,10,12H,3H2,1-2H3/t12-/m0/s1. The van der Waals surface area contributed by atoms with Crippen molar-refractivity contribution < 1.29 is 0 Å². The molecule has 0 bridgehead atoms. The lowest BCUT2D eigenvalue weighted by Gasteiger charge is -2.15. The third kappa shape index (κ3) is 2.34. The van der Waals surface area contributed by atoms with Crippen molar-refractivity contribution >= 4 is 0 Å². The fourth-order valence-electron chi connectivity index (χ4n) is 2.36. The Hall–Kier alpha value is -2.59. The molecule has 2 aromatic rings. The molecule has 1 atom stereocenters. The Labute approximate surface area is 112 Å². The first-order valence-electron chi connectivity index (χ1n) is 6.13. The molecule has 2 rings (SSSR count). The third-order valence-electron chi connectivity index (χ3n) is 3.20. The molecule has 0 saturated heterocycles. The zero-order valence-corrected chi connectivity index (χ0v) is 11.0. The topological polar surface area (TPSA) is 65.4 Å². The first kappa shape index (κ1) is 12.9. The predicted molar refractivity (Wildman–Crippen MR) is 71.2 cm³/mol. The van der Waals surface area contributed by atoms with Gasteiger partial charge in [0.15, 0.2) is 5.69 Å². The summed E-state index contributed by atoms with van der Waals surface area (Å²) in [5.74, 6) is 0.0270. The van der Waals surface area contributed by atoms with Crippen LogP contribution in [0.3, 0.4) is 0 Å². The number of aryl methyl sites for hydroxylation is 1. The van der Waals surface area contributed by atoms with Gasteiger partial charge in [-0.05, 0) is 18.1 Å². The van der Waals surface area contributed by atoms with Crippen LogP contribution in [0.1, 0.15) is 41.6 Å². The molecule has 0 unspecified atom stereocenters. The molecule has 1 aromatic heterocycles. The molecule has 1 heterocycles. The van der Waals surface area contributed by atoms with Gasteiger partial charge in [0.1, 0.15) is 6.07 Å². The molecule has 0 saturated carbocycles. The minimum atomic E-state index is 0.0270. The van der Waals surface area contributed by atoms with Gasteiger partial charge < -0.3 is 0 Å². The largest absolute Gasteiger partial charge is 0.274 e. The summed E-state index contributed by atoms with van der Waals surface area (Å²) in [5.41, 5.74) is 2.93. The van der Waals surface area contributed by atoms with Crippen LogP contribution in [0.4, 0.5) is 0 Å². The Kier molecular flexibility index (Phi) is 3.63. The Morgan fingerprint density at radius 3 is 2.58 bits per heavy atom. The molecular weight excluding hydrogens is 236 g/mol. The summed E-state index contributed by atoms with van der Waals surface area (Å²) >= 11 is 0. The number of rotatable bonds is 3. The van der Waals surface area contributed by atoms with E-state index in [0.29, 0.717) is 11.3 Å². The molecule has 0 aliphatic carbocycles. The van der Waals surface area contributed by atoms with E-state index in [2.05, 4.69) is 17.2 Å². The van der Waals surface area contributed by atoms with Crippen LogP contribution in [0.25, 0.3) is 0 Å². The van der Waals surface area contributed by atoms with Gasteiger partial charge >= 0.3 is 0 Å². The summed E-state index contributed by atoms with van der Waals surface area (Å²) in [6.45, 7) is 2.05. The molecule has 0 radical (unpaired) electrons. The number of hydrogen-bond donors (Lipinski definition) is 0. The summed E-state index contributed by atoms with van der Waals surface area (Å²) < 4.78 is 1.64. The monoisotopic (exact) mass is 250 g/mol. The fourth-order valence-corrected chi connectivity index (χ4v) is 2.36. The second-order valence-electron chi connectivity index (χ2n) is 4.38. The van der Waals surface area contributed by atoms with Crippen LogP contribution in [0.5, 0.6) is 0 Å². The Morgan fingerprint density at radius 2 is 1.95 bits per heavy atom. The van der Waals surface area contributed by atoms with Crippen LogP contribution in [0.15, 0.2) is 30.5 Å². The van der Waals surface area contributed by atoms with Crippen molar-refractivity contribution in [3.63, 3.8) is 0 Å². The van der Waals surface area contributed by atoms with Crippen molar-refractivity contribution in [2.75, 3.05) is 0 Å². The van der Waals surface area contributed by atoms with E-state index >= 15 is 0 Å². The number of aromatic nitrogens is 2. The summed E-state index contributed by atoms with van der Waals surface area (Å²) in [6.07, 6.45) is 2.68. The van der Waals surface area contributed by atoms with E-state index in [-0.39, 0.29) is 5.92 Å². The summed E-state index contributed by atoms with van der Waals surface area (Å²) in [5, 5.41) is 22.5. The molecule has 0 aliphatic heterocycles. The van der Waals surface area contributed by atoms with Crippen LogP contribution in [0.2, 0.25) is 0 Å². The van der Waals surface area contributed by atoms with Gasteiger partial charge in [0.25, 0.3) is 0 Å². The van der Waals surface area contributed by atoms with Crippen LogP contribution >= 0.6 is 0 Å². The Balaban J connectivity index is 2.57. The third-order valence-corrected chi connectivity index (χ3v) is 3.20. The normalized spacial score (nSPS) is 11.6. The highest BCUT2D eigenvalue weighted by Gasteiger charge is 2.21. The first-order valence-corrected chi connectivity index (χ1v) is 6.13. The predicted octanol–water partition coefficient (Wildman–Crippen LogP) is 2.71. The van der Waals surface area contributed by atoms with E-state index in [1.54, 1.807) is 17.8 Å². The van der Waals surface area contributed by atoms with Crippen LogP contribution in [-0.4, -0.2) is 9.78 Å². The Bertz CT molecular complexity index is 670. The Morgan fingerprint density at radius 1 is 1.21 bits per heavy atom. The molecule has 0 aliphatic rings. The lowest BCUT2D eigenvalue weighted by atomic mass is 9.87. The highest BCUT2D eigenvalue weighted by Crippen LogP contribution is 2.31. The van der Waals surface area contributed by atoms with Crippen LogP contribution in [-0.2, 0) is 7.05 Å². The molecule has 0 spiro atoms. The van der Waals surface area contributed by atoms with E-state index in [1.807, 2.05) is 31.3 Å². The molecule has 0 fully saturated rings. The van der Waals surface area contributed by atoms with Gasteiger partial charge in [-0.2, -0.15) is 15.6 Å². The molecular formula is C15H14N4. The lowest BCUT2D eigenvalue weighted by Crippen LogP contribution is -2.03. The van der Waals surface area contributed by atoms with Crippen molar-refractivity contribution in [3.8, 4) is 12.1 Å². The van der Waals surface area contributed by atoms with Crippen molar-refractivity contribution in [1.29, 1.82) is 10.5 Å². The molecule has 0 amide bonds. The summed E-state index contributed by atoms with van der Waals surface area (Å²) in [4.78, 5) is 0. The van der Waals surface area contributed by atoms with Crippen LogP contribution < -0.4 is 0 Å². The molecule has 0 N–H and O–H groups in total. The maximum atomic E-state index is 9.21. The molecule has 19 heavy (non-hydrogen) atoms. The maximum Gasteiger partial charge on any atom is 0.166 e. The number of nitriles is 2. The average Bonchev–Trinajstić information content (AvgIpc) is 2.81. The van der Waals surface area contributed by atoms with E-state index in [1.165, 1.54) is 0 Å². The van der Waals surface area contributed by atoms with Crippen molar-refractivity contribution in [2.45, 2.75) is 19.3 Å². The smallest absolute Gasteiger partial charge is 0.166 e. The van der Waals surface area contributed by atoms with E-state index in [4.69, 9.17) is 5.26 Å². The first-order chi connectivity index (χ1) is 9.21. The molecule has 1 aromatic carbocycles. The number of hydrogen-bond acceptors (Lipinski definition) is 3. The van der Waals surface area contributed by atoms with Gasteiger partial charge in [-0.25, -0.2) is 0 Å². The van der Waals surface area contributed by atoms with Crippen LogP contribution in [0, 0.1) is 22.7 Å². The van der Waals surface area contributed by atoms with Gasteiger partial charge in [-0.15, -0.1) is 0 Å². The van der Waals surface area contributed by atoms with Crippen molar-refractivity contribution in [2.24, 2.45) is 7.05 Å². The zero-order valence-electron chi connectivity index (χ0n) is 11.0.